The highest BCUT2D eigenvalue weighted by atomic mass is 16.5. The second kappa shape index (κ2) is 7.74. The van der Waals surface area contributed by atoms with Crippen molar-refractivity contribution in [3.8, 4) is 5.75 Å². The number of aromatic nitrogens is 1. The summed E-state index contributed by atoms with van der Waals surface area (Å²) in [5.41, 5.74) is 0.940. The Hall–Kier alpha value is -2.62. The van der Waals surface area contributed by atoms with Crippen LogP contribution in [0.3, 0.4) is 0 Å². The van der Waals surface area contributed by atoms with Crippen molar-refractivity contribution >= 4 is 12.0 Å². The lowest BCUT2D eigenvalue weighted by molar-refractivity contribution is -0.116. The Bertz CT molecular complexity index is 553. The van der Waals surface area contributed by atoms with Gasteiger partial charge in [-0.15, -0.1) is 0 Å². The maximum atomic E-state index is 11.6. The summed E-state index contributed by atoms with van der Waals surface area (Å²) in [6, 6.07) is 13.2. The van der Waals surface area contributed by atoms with Crippen LogP contribution in [0, 0.1) is 0 Å². The normalized spacial score (nSPS) is 10.4. The Kier molecular flexibility index (Phi) is 5.34. The number of amides is 1. The first-order chi connectivity index (χ1) is 9.84. The molecule has 0 fully saturated rings. The Balaban J connectivity index is 1.67. The summed E-state index contributed by atoms with van der Waals surface area (Å²) in [4.78, 5) is 15.5. The zero-order valence-corrected chi connectivity index (χ0v) is 11.0. The zero-order valence-electron chi connectivity index (χ0n) is 11.0. The predicted octanol–water partition coefficient (Wildman–Crippen LogP) is 2.29. The van der Waals surface area contributed by atoms with Gasteiger partial charge in [0.1, 0.15) is 12.4 Å². The van der Waals surface area contributed by atoms with Crippen LogP contribution in [-0.2, 0) is 4.79 Å². The molecule has 0 atom stereocenters. The second-order valence-electron chi connectivity index (χ2n) is 4.07. The summed E-state index contributed by atoms with van der Waals surface area (Å²) in [5.74, 6) is 0.660. The van der Waals surface area contributed by atoms with Gasteiger partial charge >= 0.3 is 0 Å². The lowest BCUT2D eigenvalue weighted by atomic mass is 10.2. The van der Waals surface area contributed by atoms with E-state index < -0.39 is 0 Å². The third-order valence-electron chi connectivity index (χ3n) is 2.55. The number of carbonyl (C=O) groups excluding carboxylic acids is 1. The smallest absolute Gasteiger partial charge is 0.244 e. The molecule has 0 radical (unpaired) electrons. The van der Waals surface area contributed by atoms with Crippen LogP contribution in [-0.4, -0.2) is 24.0 Å². The molecule has 1 N–H and O–H groups in total. The fourth-order valence-electron chi connectivity index (χ4n) is 1.57. The third-order valence-corrected chi connectivity index (χ3v) is 2.55. The standard InChI is InChI=1S/C16H16N2O2/c19-16(7-6-14-8-10-17-11-9-14)18-12-13-20-15-4-2-1-3-5-15/h1-11H,12-13H2,(H,18,19)/b7-6+. The van der Waals surface area contributed by atoms with Crippen LogP contribution in [0.5, 0.6) is 5.75 Å². The van der Waals surface area contributed by atoms with E-state index in [4.69, 9.17) is 4.74 Å². The van der Waals surface area contributed by atoms with Crippen molar-refractivity contribution in [2.24, 2.45) is 0 Å². The number of para-hydroxylation sites is 1. The third kappa shape index (κ3) is 4.94. The monoisotopic (exact) mass is 268 g/mol. The molecule has 0 aliphatic heterocycles. The number of nitrogens with one attached hydrogen (secondary N) is 1. The Morgan fingerprint density at radius 3 is 2.65 bits per heavy atom. The minimum Gasteiger partial charge on any atom is -0.492 e. The van der Waals surface area contributed by atoms with E-state index >= 15 is 0 Å². The molecule has 4 heteroatoms. The average molecular weight is 268 g/mol. The topological polar surface area (TPSA) is 51.2 Å². The molecular weight excluding hydrogens is 252 g/mol. The van der Waals surface area contributed by atoms with E-state index in [2.05, 4.69) is 10.3 Å². The molecule has 0 aliphatic rings. The van der Waals surface area contributed by atoms with Gasteiger partial charge in [0.2, 0.25) is 5.91 Å². The largest absolute Gasteiger partial charge is 0.492 e. The first-order valence-electron chi connectivity index (χ1n) is 6.38. The quantitative estimate of drug-likeness (QED) is 0.646. The maximum Gasteiger partial charge on any atom is 0.244 e. The molecule has 0 unspecified atom stereocenters. The zero-order chi connectivity index (χ0) is 14.0. The second-order valence-corrected chi connectivity index (χ2v) is 4.07. The molecule has 0 saturated carbocycles. The molecule has 1 amide bonds. The lowest BCUT2D eigenvalue weighted by Gasteiger charge is -2.05. The van der Waals surface area contributed by atoms with Gasteiger partial charge in [0.15, 0.2) is 0 Å². The van der Waals surface area contributed by atoms with Crippen LogP contribution >= 0.6 is 0 Å². The van der Waals surface area contributed by atoms with Gasteiger partial charge in [-0.1, -0.05) is 18.2 Å². The van der Waals surface area contributed by atoms with Crippen molar-refractivity contribution in [1.29, 1.82) is 0 Å². The summed E-state index contributed by atoms with van der Waals surface area (Å²) < 4.78 is 5.47. The minimum atomic E-state index is -0.140. The molecule has 4 nitrogen and oxygen atoms in total. The Labute approximate surface area is 118 Å². The van der Waals surface area contributed by atoms with Gasteiger partial charge in [-0.25, -0.2) is 0 Å². The Morgan fingerprint density at radius 2 is 1.90 bits per heavy atom. The number of hydrogen-bond acceptors (Lipinski definition) is 3. The van der Waals surface area contributed by atoms with Gasteiger partial charge in [0, 0.05) is 18.5 Å². The van der Waals surface area contributed by atoms with Crippen LogP contribution in [0.1, 0.15) is 5.56 Å². The number of carbonyl (C=O) groups is 1. The molecule has 0 spiro atoms. The van der Waals surface area contributed by atoms with E-state index in [9.17, 15) is 4.79 Å². The summed E-state index contributed by atoms with van der Waals surface area (Å²) in [6.07, 6.45) is 6.61. The van der Waals surface area contributed by atoms with E-state index in [1.54, 1.807) is 18.5 Å². The first-order valence-corrected chi connectivity index (χ1v) is 6.38. The van der Waals surface area contributed by atoms with E-state index in [-0.39, 0.29) is 5.91 Å². The van der Waals surface area contributed by atoms with Gasteiger partial charge in [0.25, 0.3) is 0 Å². The van der Waals surface area contributed by atoms with E-state index in [1.165, 1.54) is 6.08 Å². The summed E-state index contributed by atoms with van der Waals surface area (Å²) in [6.45, 7) is 0.910. The molecule has 2 rings (SSSR count). The SMILES string of the molecule is O=C(/C=C/c1ccncc1)NCCOc1ccccc1. The predicted molar refractivity (Wildman–Crippen MR) is 78.2 cm³/mol. The fraction of sp³-hybridized carbons (Fsp3) is 0.125. The molecule has 0 bridgehead atoms. The molecule has 0 aliphatic carbocycles. The highest BCUT2D eigenvalue weighted by Gasteiger charge is 1.95. The van der Waals surface area contributed by atoms with Gasteiger partial charge in [-0.3, -0.25) is 9.78 Å². The van der Waals surface area contributed by atoms with Crippen molar-refractivity contribution in [3.05, 3.63) is 66.5 Å². The molecule has 0 saturated heterocycles. The molecule has 2 aromatic rings. The summed E-state index contributed by atoms with van der Waals surface area (Å²) >= 11 is 0. The molecule has 1 aromatic carbocycles. The van der Waals surface area contributed by atoms with Crippen molar-refractivity contribution in [1.82, 2.24) is 10.3 Å². The van der Waals surface area contributed by atoms with Gasteiger partial charge in [0.05, 0.1) is 6.54 Å². The van der Waals surface area contributed by atoms with Crippen LogP contribution in [0.2, 0.25) is 0 Å². The molecule has 1 heterocycles. The van der Waals surface area contributed by atoms with E-state index in [1.807, 2.05) is 42.5 Å². The molecule has 1 aromatic heterocycles. The molecule has 102 valence electrons. The molecule has 20 heavy (non-hydrogen) atoms. The summed E-state index contributed by atoms with van der Waals surface area (Å²) in [5, 5.41) is 2.76. The number of rotatable bonds is 6. The first kappa shape index (κ1) is 13.8. The van der Waals surface area contributed by atoms with Gasteiger partial charge in [-0.2, -0.15) is 0 Å². The number of pyridine rings is 1. The number of hydrogen-bond donors (Lipinski definition) is 1. The highest BCUT2D eigenvalue weighted by Crippen LogP contribution is 2.07. The number of ether oxygens (including phenoxy) is 1. The van der Waals surface area contributed by atoms with Gasteiger partial charge in [-0.05, 0) is 35.9 Å². The van der Waals surface area contributed by atoms with Crippen molar-refractivity contribution in [2.75, 3.05) is 13.2 Å². The minimum absolute atomic E-state index is 0.140. The van der Waals surface area contributed by atoms with Crippen LogP contribution in [0.25, 0.3) is 6.08 Å². The summed E-state index contributed by atoms with van der Waals surface area (Å²) in [7, 11) is 0. The maximum absolute atomic E-state index is 11.6. The van der Waals surface area contributed by atoms with Crippen molar-refractivity contribution in [3.63, 3.8) is 0 Å². The van der Waals surface area contributed by atoms with Crippen molar-refractivity contribution < 1.29 is 9.53 Å². The Morgan fingerprint density at radius 1 is 1.15 bits per heavy atom. The molecular formula is C16H16N2O2. The van der Waals surface area contributed by atoms with E-state index in [0.717, 1.165) is 11.3 Å². The van der Waals surface area contributed by atoms with Crippen molar-refractivity contribution in [2.45, 2.75) is 0 Å². The van der Waals surface area contributed by atoms with Gasteiger partial charge < -0.3 is 10.1 Å². The van der Waals surface area contributed by atoms with Crippen LogP contribution in [0.15, 0.2) is 60.9 Å². The fourth-order valence-corrected chi connectivity index (χ4v) is 1.57. The van der Waals surface area contributed by atoms with Crippen LogP contribution < -0.4 is 10.1 Å². The van der Waals surface area contributed by atoms with Crippen LogP contribution in [0.4, 0.5) is 0 Å². The van der Waals surface area contributed by atoms with E-state index in [0.29, 0.717) is 13.2 Å². The number of benzene rings is 1. The lowest BCUT2D eigenvalue weighted by Crippen LogP contribution is -2.26. The highest BCUT2D eigenvalue weighted by molar-refractivity contribution is 5.91. The average Bonchev–Trinajstić information content (AvgIpc) is 2.52. The number of nitrogens with zero attached hydrogens (tertiary/aromatic N) is 1.